The number of benzene rings is 2. The van der Waals surface area contributed by atoms with Crippen molar-refractivity contribution in [3.05, 3.63) is 36.4 Å². The lowest BCUT2D eigenvalue weighted by molar-refractivity contribution is -0.299. The third-order valence-electron chi connectivity index (χ3n) is 2.98. The summed E-state index contributed by atoms with van der Waals surface area (Å²) >= 11 is 0. The maximum atomic E-state index is 12.7. The van der Waals surface area contributed by atoms with Crippen LogP contribution in [0.25, 0.3) is 10.8 Å². The molecule has 2 nitrogen and oxygen atoms in total. The van der Waals surface area contributed by atoms with E-state index in [0.29, 0.717) is 5.39 Å². The van der Waals surface area contributed by atoms with E-state index in [4.69, 9.17) is 0 Å². The van der Waals surface area contributed by atoms with E-state index in [9.17, 15) is 30.6 Å². The molecule has 0 amide bonds. The lowest BCUT2D eigenvalue weighted by Gasteiger charge is -2.24. The minimum Gasteiger partial charge on any atom is -0.471 e. The van der Waals surface area contributed by atoms with Crippen LogP contribution in [-0.4, -0.2) is 28.9 Å². The highest BCUT2D eigenvalue weighted by atomic mass is 32.2. The zero-order valence-corrected chi connectivity index (χ0v) is 12.4. The molecule has 2 aromatic rings. The summed E-state index contributed by atoms with van der Waals surface area (Å²) in [4.78, 5) is 0.0983. The molecular formula is C14H10F6O2S. The van der Waals surface area contributed by atoms with E-state index in [1.807, 2.05) is 0 Å². The van der Waals surface area contributed by atoms with E-state index in [-0.39, 0.29) is 10.3 Å². The van der Waals surface area contributed by atoms with Crippen LogP contribution < -0.4 is 4.74 Å². The summed E-state index contributed by atoms with van der Waals surface area (Å²) in [6, 6.07) is 8.09. The Morgan fingerprint density at radius 3 is 1.96 bits per heavy atom. The molecule has 0 heterocycles. The molecule has 0 saturated carbocycles. The van der Waals surface area contributed by atoms with Crippen molar-refractivity contribution in [1.82, 2.24) is 0 Å². The third kappa shape index (κ3) is 3.77. The van der Waals surface area contributed by atoms with Crippen LogP contribution in [0.15, 0.2) is 41.3 Å². The molecule has 126 valence electrons. The zero-order chi connectivity index (χ0) is 17.4. The van der Waals surface area contributed by atoms with E-state index in [2.05, 4.69) is 4.74 Å². The Morgan fingerprint density at radius 2 is 1.48 bits per heavy atom. The van der Waals surface area contributed by atoms with E-state index in [0.717, 1.165) is 6.07 Å². The fourth-order valence-electron chi connectivity index (χ4n) is 2.06. The average Bonchev–Trinajstić information content (AvgIpc) is 2.41. The molecule has 0 fully saturated rings. The number of fused-ring (bicyclic) bond motifs is 1. The Hall–Kier alpha value is -1.77. The first-order valence-corrected chi connectivity index (χ1v) is 7.73. The van der Waals surface area contributed by atoms with Gasteiger partial charge in [0.2, 0.25) is 0 Å². The molecule has 1 atom stereocenters. The monoisotopic (exact) mass is 356 g/mol. The van der Waals surface area contributed by atoms with Gasteiger partial charge in [-0.1, -0.05) is 24.3 Å². The van der Waals surface area contributed by atoms with Crippen LogP contribution in [0.2, 0.25) is 0 Å². The normalized spacial score (nSPS) is 14.3. The molecule has 0 N–H and O–H groups in total. The fourth-order valence-corrected chi connectivity index (χ4v) is 2.83. The highest BCUT2D eigenvalue weighted by Gasteiger charge is 2.59. The first kappa shape index (κ1) is 17.6. The summed E-state index contributed by atoms with van der Waals surface area (Å²) in [5.74, 6) is -0.618. The van der Waals surface area contributed by atoms with E-state index < -0.39 is 35.0 Å². The fraction of sp³-hybridized carbons (Fsp3) is 0.286. The van der Waals surface area contributed by atoms with Crippen molar-refractivity contribution >= 4 is 21.6 Å². The van der Waals surface area contributed by atoms with Crippen LogP contribution in [0.4, 0.5) is 26.3 Å². The van der Waals surface area contributed by atoms with Gasteiger partial charge in [0.1, 0.15) is 5.75 Å². The first-order valence-electron chi connectivity index (χ1n) is 6.17. The van der Waals surface area contributed by atoms with E-state index >= 15 is 0 Å². The summed E-state index contributed by atoms with van der Waals surface area (Å²) in [6.07, 6.45) is -13.9. The quantitative estimate of drug-likeness (QED) is 0.760. The van der Waals surface area contributed by atoms with E-state index in [1.54, 1.807) is 0 Å². The molecule has 0 aliphatic carbocycles. The average molecular weight is 356 g/mol. The van der Waals surface area contributed by atoms with Gasteiger partial charge in [0, 0.05) is 11.6 Å². The summed E-state index contributed by atoms with van der Waals surface area (Å²) in [5.41, 5.74) is 0. The highest BCUT2D eigenvalue weighted by Crippen LogP contribution is 2.39. The number of hydrogen-bond acceptors (Lipinski definition) is 2. The smallest absolute Gasteiger partial charge is 0.434 e. The van der Waals surface area contributed by atoms with Gasteiger partial charge >= 0.3 is 12.4 Å². The molecule has 2 aromatic carbocycles. The summed E-state index contributed by atoms with van der Waals surface area (Å²) < 4.78 is 91.9. The minimum absolute atomic E-state index is 0.0330. The number of halogens is 6. The number of hydrogen-bond donors (Lipinski definition) is 0. The van der Waals surface area contributed by atoms with Crippen molar-refractivity contribution in [2.75, 3.05) is 6.26 Å². The molecule has 0 aliphatic rings. The molecule has 9 heteroatoms. The van der Waals surface area contributed by atoms with Crippen LogP contribution in [0.1, 0.15) is 0 Å². The SMILES string of the molecule is CS(=O)c1cccc2cccc(OC(C(F)(F)F)C(F)(F)F)c12. The van der Waals surface area contributed by atoms with Crippen molar-refractivity contribution in [2.24, 2.45) is 0 Å². The topological polar surface area (TPSA) is 26.3 Å². The Kier molecular flexibility index (Phi) is 4.61. The van der Waals surface area contributed by atoms with E-state index in [1.165, 1.54) is 36.6 Å². The van der Waals surface area contributed by atoms with Gasteiger partial charge in [0.15, 0.2) is 0 Å². The van der Waals surface area contributed by atoms with Gasteiger partial charge in [-0.05, 0) is 17.5 Å². The molecule has 2 rings (SSSR count). The molecule has 0 saturated heterocycles. The number of rotatable bonds is 3. The van der Waals surface area contributed by atoms with Crippen LogP contribution >= 0.6 is 0 Å². The number of ether oxygens (including phenoxy) is 1. The second-order valence-corrected chi connectivity index (χ2v) is 5.99. The first-order chi connectivity index (χ1) is 10.5. The maximum Gasteiger partial charge on any atom is 0.434 e. The molecule has 1 unspecified atom stereocenters. The van der Waals surface area contributed by atoms with Crippen LogP contribution in [0, 0.1) is 0 Å². The van der Waals surface area contributed by atoms with Gasteiger partial charge in [0.25, 0.3) is 6.10 Å². The van der Waals surface area contributed by atoms with Crippen molar-refractivity contribution in [3.8, 4) is 5.75 Å². The van der Waals surface area contributed by atoms with Gasteiger partial charge in [0.05, 0.1) is 15.7 Å². The summed E-state index contributed by atoms with van der Waals surface area (Å²) in [5, 5.41) is 0.299. The lowest BCUT2D eigenvalue weighted by Crippen LogP contribution is -2.46. The minimum atomic E-state index is -5.62. The van der Waals surface area contributed by atoms with Gasteiger partial charge in [-0.3, -0.25) is 4.21 Å². The predicted molar refractivity (Wildman–Crippen MR) is 72.8 cm³/mol. The molecule has 0 aliphatic heterocycles. The standard InChI is InChI=1S/C14H10F6O2S/c1-23(21)10-7-3-5-8-4-2-6-9(11(8)10)22-12(13(15,16)17)14(18,19)20/h2-7,12H,1H3. The van der Waals surface area contributed by atoms with Crippen molar-refractivity contribution in [3.63, 3.8) is 0 Å². The van der Waals surface area contributed by atoms with Gasteiger partial charge in [-0.25, -0.2) is 0 Å². The van der Waals surface area contributed by atoms with Gasteiger partial charge < -0.3 is 4.74 Å². The zero-order valence-electron chi connectivity index (χ0n) is 11.5. The van der Waals surface area contributed by atoms with Crippen molar-refractivity contribution in [2.45, 2.75) is 23.4 Å². The van der Waals surface area contributed by atoms with Gasteiger partial charge in [-0.15, -0.1) is 0 Å². The van der Waals surface area contributed by atoms with Crippen LogP contribution in [0.3, 0.4) is 0 Å². The van der Waals surface area contributed by atoms with Crippen LogP contribution in [0.5, 0.6) is 5.75 Å². The molecule has 0 spiro atoms. The molecule has 0 aromatic heterocycles. The lowest BCUT2D eigenvalue weighted by atomic mass is 10.1. The Balaban J connectivity index is 2.62. The third-order valence-corrected chi connectivity index (χ3v) is 3.94. The highest BCUT2D eigenvalue weighted by molar-refractivity contribution is 7.84. The Morgan fingerprint density at radius 1 is 0.957 bits per heavy atom. The molecule has 0 radical (unpaired) electrons. The maximum absolute atomic E-state index is 12.7. The second kappa shape index (κ2) is 6.03. The van der Waals surface area contributed by atoms with Crippen molar-refractivity contribution < 1.29 is 35.3 Å². The summed E-state index contributed by atoms with van der Waals surface area (Å²) in [6.45, 7) is 0. The predicted octanol–water partition coefficient (Wildman–Crippen LogP) is 4.45. The molecular weight excluding hydrogens is 346 g/mol. The second-order valence-electron chi connectivity index (χ2n) is 4.65. The van der Waals surface area contributed by atoms with Gasteiger partial charge in [-0.2, -0.15) is 26.3 Å². The molecule has 23 heavy (non-hydrogen) atoms. The number of alkyl halides is 6. The Labute approximate surface area is 129 Å². The molecule has 0 bridgehead atoms. The largest absolute Gasteiger partial charge is 0.471 e. The van der Waals surface area contributed by atoms with Crippen molar-refractivity contribution in [1.29, 1.82) is 0 Å². The summed E-state index contributed by atoms with van der Waals surface area (Å²) in [7, 11) is -1.61. The Bertz CT molecular complexity index is 719. The van der Waals surface area contributed by atoms with Crippen LogP contribution in [-0.2, 0) is 10.8 Å².